The van der Waals surface area contributed by atoms with Gasteiger partial charge in [-0.2, -0.15) is 0 Å². The molecule has 0 spiro atoms. The van der Waals surface area contributed by atoms with Crippen molar-refractivity contribution in [1.29, 1.82) is 0 Å². The summed E-state index contributed by atoms with van der Waals surface area (Å²) in [6.45, 7) is 2.70. The smallest absolute Gasteiger partial charge is 0.294 e. The fourth-order valence-electron chi connectivity index (χ4n) is 1.34. The van der Waals surface area contributed by atoms with Crippen molar-refractivity contribution >= 4 is 11.3 Å². The van der Waals surface area contributed by atoms with Crippen LogP contribution in [0.1, 0.15) is 17.8 Å². The maximum Gasteiger partial charge on any atom is 0.294 e. The summed E-state index contributed by atoms with van der Waals surface area (Å²) in [6.07, 6.45) is 6.69. The third-order valence-electron chi connectivity index (χ3n) is 2.06. The highest BCUT2D eigenvalue weighted by Crippen LogP contribution is 2.21. The van der Waals surface area contributed by atoms with Gasteiger partial charge < -0.3 is 4.74 Å². The van der Waals surface area contributed by atoms with Gasteiger partial charge in [0.05, 0.1) is 6.61 Å². The summed E-state index contributed by atoms with van der Waals surface area (Å²) in [5.74, 6) is 0.643. The second-order valence-electron chi connectivity index (χ2n) is 3.21. The second kappa shape index (κ2) is 3.87. The Kier molecular flexibility index (Phi) is 2.59. The van der Waals surface area contributed by atoms with Crippen molar-refractivity contribution in [3.8, 4) is 5.19 Å². The largest absolute Gasteiger partial charge is 0.469 e. The van der Waals surface area contributed by atoms with Crippen molar-refractivity contribution in [1.82, 2.24) is 10.2 Å². The average molecular weight is 196 g/mol. The van der Waals surface area contributed by atoms with Crippen LogP contribution in [-0.2, 0) is 0 Å². The molecule has 1 aromatic rings. The Balaban J connectivity index is 1.79. The van der Waals surface area contributed by atoms with Crippen LogP contribution in [0.2, 0.25) is 0 Å². The lowest BCUT2D eigenvalue weighted by Gasteiger charge is -2.07. The monoisotopic (exact) mass is 196 g/mol. The molecule has 0 saturated carbocycles. The van der Waals surface area contributed by atoms with E-state index < -0.39 is 0 Å². The first-order valence-electron chi connectivity index (χ1n) is 4.42. The van der Waals surface area contributed by atoms with E-state index in [2.05, 4.69) is 22.3 Å². The van der Waals surface area contributed by atoms with Gasteiger partial charge in [0, 0.05) is 0 Å². The molecule has 0 aliphatic heterocycles. The molecule has 1 aliphatic carbocycles. The van der Waals surface area contributed by atoms with Crippen molar-refractivity contribution in [3.05, 3.63) is 17.2 Å². The van der Waals surface area contributed by atoms with Crippen molar-refractivity contribution < 1.29 is 4.74 Å². The highest BCUT2D eigenvalue weighted by molar-refractivity contribution is 7.12. The van der Waals surface area contributed by atoms with Crippen LogP contribution >= 0.6 is 11.3 Å². The molecular weight excluding hydrogens is 184 g/mol. The molecular formula is C9H12N2OS. The van der Waals surface area contributed by atoms with Crippen molar-refractivity contribution in [2.24, 2.45) is 5.92 Å². The average Bonchev–Trinajstić information content (AvgIpc) is 2.71. The van der Waals surface area contributed by atoms with Crippen LogP contribution in [-0.4, -0.2) is 16.8 Å². The summed E-state index contributed by atoms with van der Waals surface area (Å²) in [6, 6.07) is 0. The number of aromatic nitrogens is 2. The normalized spacial score (nSPS) is 16.7. The minimum Gasteiger partial charge on any atom is -0.469 e. The lowest BCUT2D eigenvalue weighted by molar-refractivity contribution is 0.253. The zero-order chi connectivity index (χ0) is 9.10. The first kappa shape index (κ1) is 8.69. The topological polar surface area (TPSA) is 35.0 Å². The van der Waals surface area contributed by atoms with Crippen molar-refractivity contribution in [2.45, 2.75) is 19.8 Å². The van der Waals surface area contributed by atoms with Crippen LogP contribution in [0.15, 0.2) is 12.2 Å². The Labute approximate surface area is 81.5 Å². The second-order valence-corrected chi connectivity index (χ2v) is 4.35. The molecule has 1 aromatic heterocycles. The van der Waals surface area contributed by atoms with E-state index in [0.717, 1.165) is 24.5 Å². The Morgan fingerprint density at radius 1 is 1.46 bits per heavy atom. The molecule has 0 amide bonds. The van der Waals surface area contributed by atoms with Crippen LogP contribution in [0, 0.1) is 12.8 Å². The van der Waals surface area contributed by atoms with E-state index in [1.54, 1.807) is 0 Å². The van der Waals surface area contributed by atoms with Crippen LogP contribution < -0.4 is 4.74 Å². The lowest BCUT2D eigenvalue weighted by atomic mass is 10.1. The summed E-state index contributed by atoms with van der Waals surface area (Å²) in [5, 5.41) is 9.45. The van der Waals surface area contributed by atoms with Crippen molar-refractivity contribution in [3.63, 3.8) is 0 Å². The number of hydrogen-bond donors (Lipinski definition) is 0. The molecule has 13 heavy (non-hydrogen) atoms. The molecule has 0 radical (unpaired) electrons. The standard InChI is InChI=1S/C9H12N2OS/c1-7-10-11-9(13-7)12-6-8-4-2-3-5-8/h2-3,8H,4-6H2,1H3. The Morgan fingerprint density at radius 3 is 2.85 bits per heavy atom. The summed E-state index contributed by atoms with van der Waals surface area (Å²) < 4.78 is 5.52. The van der Waals surface area contributed by atoms with Gasteiger partial charge in [0.1, 0.15) is 5.01 Å². The van der Waals surface area contributed by atoms with Gasteiger partial charge in [-0.25, -0.2) is 0 Å². The fraction of sp³-hybridized carbons (Fsp3) is 0.556. The zero-order valence-corrected chi connectivity index (χ0v) is 8.38. The number of rotatable bonds is 3. The van der Waals surface area contributed by atoms with E-state index in [4.69, 9.17) is 4.74 Å². The Bertz CT molecular complexity index is 300. The van der Waals surface area contributed by atoms with Gasteiger partial charge in [-0.05, 0) is 25.7 Å². The van der Waals surface area contributed by atoms with Gasteiger partial charge in [-0.1, -0.05) is 23.5 Å². The number of aryl methyl sites for hydroxylation is 1. The van der Waals surface area contributed by atoms with E-state index in [0.29, 0.717) is 11.1 Å². The van der Waals surface area contributed by atoms with Crippen LogP contribution in [0.5, 0.6) is 5.19 Å². The van der Waals surface area contributed by atoms with E-state index in [9.17, 15) is 0 Å². The minimum atomic E-state index is 0.643. The summed E-state index contributed by atoms with van der Waals surface area (Å²) in [4.78, 5) is 0. The van der Waals surface area contributed by atoms with Gasteiger partial charge in [0.25, 0.3) is 5.19 Å². The van der Waals surface area contributed by atoms with Crippen LogP contribution in [0.3, 0.4) is 0 Å². The van der Waals surface area contributed by atoms with Crippen LogP contribution in [0.25, 0.3) is 0 Å². The molecule has 0 N–H and O–H groups in total. The quantitative estimate of drug-likeness (QED) is 0.695. The molecule has 1 aliphatic rings. The minimum absolute atomic E-state index is 0.643. The molecule has 0 aromatic carbocycles. The van der Waals surface area contributed by atoms with Gasteiger partial charge in [0.2, 0.25) is 0 Å². The third-order valence-corrected chi connectivity index (χ3v) is 2.81. The molecule has 0 saturated heterocycles. The summed E-state index contributed by atoms with van der Waals surface area (Å²) in [7, 11) is 0. The van der Waals surface area contributed by atoms with E-state index >= 15 is 0 Å². The van der Waals surface area contributed by atoms with Gasteiger partial charge >= 0.3 is 0 Å². The molecule has 4 heteroatoms. The highest BCUT2D eigenvalue weighted by Gasteiger charge is 2.11. The van der Waals surface area contributed by atoms with Gasteiger partial charge in [0.15, 0.2) is 0 Å². The molecule has 70 valence electrons. The molecule has 0 bridgehead atoms. The Hall–Kier alpha value is -0.900. The molecule has 2 rings (SSSR count). The van der Waals surface area contributed by atoms with E-state index in [-0.39, 0.29) is 0 Å². The molecule has 0 fully saturated rings. The SMILES string of the molecule is Cc1nnc(OCC2CC=CC2)s1. The molecule has 3 nitrogen and oxygen atoms in total. The van der Waals surface area contributed by atoms with Gasteiger partial charge in [-0.15, -0.1) is 10.2 Å². The lowest BCUT2D eigenvalue weighted by Crippen LogP contribution is -2.08. The maximum absolute atomic E-state index is 5.52. The first-order valence-corrected chi connectivity index (χ1v) is 5.24. The Morgan fingerprint density at radius 2 is 2.23 bits per heavy atom. The summed E-state index contributed by atoms with van der Waals surface area (Å²) in [5.41, 5.74) is 0. The number of nitrogens with zero attached hydrogens (tertiary/aromatic N) is 2. The highest BCUT2D eigenvalue weighted by atomic mass is 32.1. The molecule has 1 heterocycles. The maximum atomic E-state index is 5.52. The summed E-state index contributed by atoms with van der Waals surface area (Å²) >= 11 is 1.51. The molecule has 0 atom stereocenters. The number of allylic oxidation sites excluding steroid dienone is 2. The number of hydrogen-bond acceptors (Lipinski definition) is 4. The van der Waals surface area contributed by atoms with Crippen LogP contribution in [0.4, 0.5) is 0 Å². The van der Waals surface area contributed by atoms with Gasteiger partial charge in [-0.3, -0.25) is 0 Å². The number of ether oxygens (including phenoxy) is 1. The predicted octanol–water partition coefficient (Wildman–Crippen LogP) is 2.19. The molecule has 0 unspecified atom stereocenters. The fourth-order valence-corrected chi connectivity index (χ4v) is 1.88. The van der Waals surface area contributed by atoms with E-state index in [1.165, 1.54) is 11.3 Å². The zero-order valence-electron chi connectivity index (χ0n) is 7.56. The third kappa shape index (κ3) is 2.28. The van der Waals surface area contributed by atoms with Crippen molar-refractivity contribution in [2.75, 3.05) is 6.61 Å². The predicted molar refractivity (Wildman–Crippen MR) is 52.0 cm³/mol. The van der Waals surface area contributed by atoms with E-state index in [1.807, 2.05) is 6.92 Å². The first-order chi connectivity index (χ1) is 6.34.